The first-order valence-corrected chi connectivity index (χ1v) is 7.76. The molecular weight excluding hydrogens is 461 g/mol. The fraction of sp³-hybridized carbons (Fsp3) is 0.400. The van der Waals surface area contributed by atoms with Gasteiger partial charge in [0.05, 0.1) is 4.47 Å². The van der Waals surface area contributed by atoms with Crippen LogP contribution < -0.4 is 20.1 Å². The van der Waals surface area contributed by atoms with Crippen molar-refractivity contribution in [3.05, 3.63) is 34.3 Å². The van der Waals surface area contributed by atoms with Crippen molar-refractivity contribution in [2.45, 2.75) is 25.4 Å². The van der Waals surface area contributed by atoms with Crippen molar-refractivity contribution in [2.24, 2.45) is 4.99 Å². The summed E-state index contributed by atoms with van der Waals surface area (Å²) >= 11 is 3.51. The minimum atomic E-state index is 0. The normalized spacial score (nSPS) is 16.5. The highest BCUT2D eigenvalue weighted by Crippen LogP contribution is 2.39. The van der Waals surface area contributed by atoms with Gasteiger partial charge in [-0.15, -0.1) is 24.0 Å². The number of fused-ring (bicyclic) bond motifs is 1. The third kappa shape index (κ3) is 4.07. The molecule has 5 nitrogen and oxygen atoms in total. The standard InChI is InChI=1S/C15H18BrN3O2.HI/c1-17-15(19-11-4-2-3-5-11)18-8-10-6-12(16)14-13(7-10)20-9-21-14;/h2-3,6-7,11H,4-5,8-9H2,1H3,(H2,17,18,19);1H. The summed E-state index contributed by atoms with van der Waals surface area (Å²) in [6, 6.07) is 4.47. The van der Waals surface area contributed by atoms with Crippen molar-refractivity contribution in [1.29, 1.82) is 0 Å². The first kappa shape index (κ1) is 17.4. The molecule has 0 spiro atoms. The van der Waals surface area contributed by atoms with Crippen LogP contribution in [0.2, 0.25) is 0 Å². The van der Waals surface area contributed by atoms with Crippen molar-refractivity contribution in [3.8, 4) is 11.5 Å². The van der Waals surface area contributed by atoms with Crippen molar-refractivity contribution in [3.63, 3.8) is 0 Å². The molecule has 1 heterocycles. The first-order valence-electron chi connectivity index (χ1n) is 6.96. The molecule has 0 saturated carbocycles. The number of aliphatic imine (C=N–C) groups is 1. The number of hydrogen-bond donors (Lipinski definition) is 2. The van der Waals surface area contributed by atoms with E-state index in [9.17, 15) is 0 Å². The minimum absolute atomic E-state index is 0. The van der Waals surface area contributed by atoms with E-state index in [-0.39, 0.29) is 30.8 Å². The van der Waals surface area contributed by atoms with E-state index in [0.29, 0.717) is 12.6 Å². The summed E-state index contributed by atoms with van der Waals surface area (Å²) in [6.07, 6.45) is 6.49. The highest BCUT2D eigenvalue weighted by molar-refractivity contribution is 14.0. The zero-order valence-electron chi connectivity index (χ0n) is 12.3. The molecule has 3 rings (SSSR count). The first-order chi connectivity index (χ1) is 10.3. The molecule has 120 valence electrons. The molecule has 0 atom stereocenters. The van der Waals surface area contributed by atoms with E-state index in [1.54, 1.807) is 7.05 Å². The molecule has 0 saturated heterocycles. The number of halogens is 2. The summed E-state index contributed by atoms with van der Waals surface area (Å²) in [4.78, 5) is 4.26. The molecule has 22 heavy (non-hydrogen) atoms. The summed E-state index contributed by atoms with van der Waals surface area (Å²) in [7, 11) is 1.78. The average Bonchev–Trinajstić information content (AvgIpc) is 3.14. The Kier molecular flexibility index (Phi) is 6.37. The van der Waals surface area contributed by atoms with Crippen molar-refractivity contribution >= 4 is 45.9 Å². The van der Waals surface area contributed by atoms with Crippen molar-refractivity contribution < 1.29 is 9.47 Å². The Bertz CT molecular complexity index is 584. The number of rotatable bonds is 3. The lowest BCUT2D eigenvalue weighted by molar-refractivity contribution is 0.173. The van der Waals surface area contributed by atoms with Crippen LogP contribution in [0.15, 0.2) is 33.7 Å². The molecule has 0 amide bonds. The van der Waals surface area contributed by atoms with Crippen LogP contribution in [0.25, 0.3) is 0 Å². The van der Waals surface area contributed by atoms with Gasteiger partial charge in [0.15, 0.2) is 17.5 Å². The maximum Gasteiger partial charge on any atom is 0.231 e. The molecule has 1 aliphatic carbocycles. The van der Waals surface area contributed by atoms with E-state index in [4.69, 9.17) is 9.47 Å². The molecule has 2 N–H and O–H groups in total. The summed E-state index contributed by atoms with van der Waals surface area (Å²) in [6.45, 7) is 0.956. The summed E-state index contributed by atoms with van der Waals surface area (Å²) in [5, 5.41) is 6.74. The zero-order valence-corrected chi connectivity index (χ0v) is 16.2. The molecule has 1 aromatic carbocycles. The van der Waals surface area contributed by atoms with Gasteiger partial charge in [-0.3, -0.25) is 4.99 Å². The molecule has 0 aromatic heterocycles. The Balaban J connectivity index is 0.00000176. The van der Waals surface area contributed by atoms with Crippen LogP contribution >= 0.6 is 39.9 Å². The minimum Gasteiger partial charge on any atom is -0.454 e. The Morgan fingerprint density at radius 1 is 1.32 bits per heavy atom. The van der Waals surface area contributed by atoms with Crippen LogP contribution in [0.4, 0.5) is 0 Å². The van der Waals surface area contributed by atoms with Gasteiger partial charge < -0.3 is 20.1 Å². The maximum atomic E-state index is 5.43. The van der Waals surface area contributed by atoms with Crippen LogP contribution in [0.3, 0.4) is 0 Å². The number of guanidine groups is 1. The largest absolute Gasteiger partial charge is 0.454 e. The molecule has 1 aliphatic heterocycles. The molecule has 0 bridgehead atoms. The topological polar surface area (TPSA) is 54.9 Å². The Hall–Kier alpha value is -0.960. The van der Waals surface area contributed by atoms with Crippen LogP contribution in [0.5, 0.6) is 11.5 Å². The van der Waals surface area contributed by atoms with Gasteiger partial charge in [-0.25, -0.2) is 0 Å². The van der Waals surface area contributed by atoms with E-state index in [1.165, 1.54) is 0 Å². The third-order valence-electron chi connectivity index (χ3n) is 3.52. The monoisotopic (exact) mass is 479 g/mol. The quantitative estimate of drug-likeness (QED) is 0.302. The predicted molar refractivity (Wildman–Crippen MR) is 101 cm³/mol. The van der Waals surface area contributed by atoms with E-state index in [1.807, 2.05) is 12.1 Å². The van der Waals surface area contributed by atoms with Crippen LogP contribution in [-0.4, -0.2) is 25.8 Å². The van der Waals surface area contributed by atoms with Crippen molar-refractivity contribution in [1.82, 2.24) is 10.6 Å². The maximum absolute atomic E-state index is 5.43. The highest BCUT2D eigenvalue weighted by Gasteiger charge is 2.18. The molecule has 2 aliphatic rings. The Morgan fingerprint density at radius 2 is 2.09 bits per heavy atom. The van der Waals surface area contributed by atoms with Gasteiger partial charge in [-0.2, -0.15) is 0 Å². The number of hydrogen-bond acceptors (Lipinski definition) is 3. The van der Waals surface area contributed by atoms with Gasteiger partial charge in [0.25, 0.3) is 0 Å². The molecule has 1 aromatic rings. The van der Waals surface area contributed by atoms with E-state index >= 15 is 0 Å². The van der Waals surface area contributed by atoms with E-state index < -0.39 is 0 Å². The van der Waals surface area contributed by atoms with Crippen LogP contribution in [0.1, 0.15) is 18.4 Å². The van der Waals surface area contributed by atoms with Gasteiger partial charge in [0, 0.05) is 19.6 Å². The molecule has 0 unspecified atom stereocenters. The lowest BCUT2D eigenvalue weighted by Crippen LogP contribution is -2.42. The summed E-state index contributed by atoms with van der Waals surface area (Å²) in [5.41, 5.74) is 1.11. The Labute approximate surface area is 155 Å². The number of ether oxygens (including phenoxy) is 2. The highest BCUT2D eigenvalue weighted by atomic mass is 127. The summed E-state index contributed by atoms with van der Waals surface area (Å²) in [5.74, 6) is 2.37. The SMILES string of the molecule is CN=C(NCc1cc(Br)c2c(c1)OCO2)NC1CC=CC1.I. The summed E-state index contributed by atoms with van der Waals surface area (Å²) < 4.78 is 11.7. The third-order valence-corrected chi connectivity index (χ3v) is 4.11. The van der Waals surface area contributed by atoms with Gasteiger partial charge in [-0.05, 0) is 46.5 Å². The van der Waals surface area contributed by atoms with Crippen molar-refractivity contribution in [2.75, 3.05) is 13.8 Å². The zero-order chi connectivity index (χ0) is 14.7. The fourth-order valence-corrected chi connectivity index (χ4v) is 3.04. The second kappa shape index (κ2) is 8.05. The predicted octanol–water partition coefficient (Wildman–Crippen LogP) is 3.18. The molecular formula is C15H19BrIN3O2. The molecule has 0 fully saturated rings. The second-order valence-electron chi connectivity index (χ2n) is 5.02. The molecule has 0 radical (unpaired) electrons. The lowest BCUT2D eigenvalue weighted by Gasteiger charge is -2.17. The van der Waals surface area contributed by atoms with E-state index in [0.717, 1.165) is 40.3 Å². The van der Waals surface area contributed by atoms with Gasteiger partial charge in [-0.1, -0.05) is 12.2 Å². The number of nitrogens with zero attached hydrogens (tertiary/aromatic N) is 1. The fourth-order valence-electron chi connectivity index (χ4n) is 2.43. The number of nitrogens with one attached hydrogen (secondary N) is 2. The second-order valence-corrected chi connectivity index (χ2v) is 5.88. The average molecular weight is 480 g/mol. The Morgan fingerprint density at radius 3 is 2.82 bits per heavy atom. The van der Waals surface area contributed by atoms with Gasteiger partial charge >= 0.3 is 0 Å². The van der Waals surface area contributed by atoms with Gasteiger partial charge in [0.1, 0.15) is 0 Å². The van der Waals surface area contributed by atoms with E-state index in [2.05, 4.69) is 43.7 Å². The lowest BCUT2D eigenvalue weighted by atomic mass is 10.2. The van der Waals surface area contributed by atoms with Gasteiger partial charge in [0.2, 0.25) is 6.79 Å². The van der Waals surface area contributed by atoms with Crippen LogP contribution in [0, 0.1) is 0 Å². The molecule has 7 heteroatoms. The smallest absolute Gasteiger partial charge is 0.231 e. The van der Waals surface area contributed by atoms with Crippen LogP contribution in [-0.2, 0) is 6.54 Å². The number of benzene rings is 1.